The summed E-state index contributed by atoms with van der Waals surface area (Å²) in [5.41, 5.74) is 0. The van der Waals surface area contributed by atoms with E-state index in [1.54, 1.807) is 0 Å². The zero-order valence-corrected chi connectivity index (χ0v) is 72.4. The van der Waals surface area contributed by atoms with Crippen molar-refractivity contribution in [3.63, 3.8) is 0 Å². The van der Waals surface area contributed by atoms with Crippen molar-refractivity contribution in [1.29, 1.82) is 0 Å². The number of phosphoric ester groups is 2. The molecule has 0 saturated heterocycles. The Labute approximate surface area is 658 Å². The molecule has 0 fully saturated rings. The van der Waals surface area contributed by atoms with Crippen LogP contribution in [0.15, 0.2) is 0 Å². The molecule has 0 aliphatic rings. The van der Waals surface area contributed by atoms with Gasteiger partial charge in [0.05, 0.1) is 26.4 Å². The molecule has 0 heterocycles. The number of carbonyl (C=O) groups excluding carboxylic acids is 4. The summed E-state index contributed by atoms with van der Waals surface area (Å²) in [6.07, 6.45) is 69.6. The second-order valence-electron chi connectivity index (χ2n) is 32.8. The lowest BCUT2D eigenvalue weighted by atomic mass is 10.00. The maximum absolute atomic E-state index is 13.2. The molecule has 19 heteroatoms. The summed E-state index contributed by atoms with van der Waals surface area (Å²) in [6, 6.07) is 0. The fourth-order valence-corrected chi connectivity index (χ4v) is 15.3. The fraction of sp³-hybridized carbons (Fsp3) is 0.955. The van der Waals surface area contributed by atoms with Crippen LogP contribution in [0.25, 0.3) is 0 Å². The first-order chi connectivity index (χ1) is 51.8. The lowest BCUT2D eigenvalue weighted by Gasteiger charge is -2.21. The highest BCUT2D eigenvalue weighted by Crippen LogP contribution is 2.45. The summed E-state index contributed by atoms with van der Waals surface area (Å²) < 4.78 is 68.9. The number of aliphatic hydroxyl groups excluding tert-OH is 1. The predicted octanol–water partition coefficient (Wildman–Crippen LogP) is 26.9. The average Bonchev–Trinajstić information content (AvgIpc) is 0.902. The van der Waals surface area contributed by atoms with E-state index in [0.717, 1.165) is 114 Å². The molecule has 0 amide bonds. The first-order valence-electron chi connectivity index (χ1n) is 45.4. The van der Waals surface area contributed by atoms with Crippen molar-refractivity contribution in [2.45, 2.75) is 484 Å². The highest BCUT2D eigenvalue weighted by molar-refractivity contribution is 7.47. The van der Waals surface area contributed by atoms with Gasteiger partial charge in [-0.05, 0) is 43.4 Å². The highest BCUT2D eigenvalue weighted by atomic mass is 31.2. The molecule has 0 spiro atoms. The first kappa shape index (κ1) is 105. The third kappa shape index (κ3) is 80.5. The Morgan fingerprint density at radius 1 is 0.271 bits per heavy atom. The van der Waals surface area contributed by atoms with Crippen molar-refractivity contribution in [1.82, 2.24) is 0 Å². The second kappa shape index (κ2) is 78.0. The number of phosphoric acid groups is 2. The van der Waals surface area contributed by atoms with Crippen molar-refractivity contribution in [3.05, 3.63) is 0 Å². The third-order valence-corrected chi connectivity index (χ3v) is 22.9. The largest absolute Gasteiger partial charge is 0.472 e. The summed E-state index contributed by atoms with van der Waals surface area (Å²) >= 11 is 0. The van der Waals surface area contributed by atoms with Crippen LogP contribution in [0.4, 0.5) is 0 Å². The molecule has 107 heavy (non-hydrogen) atoms. The molecule has 0 saturated carbocycles. The summed E-state index contributed by atoms with van der Waals surface area (Å²) in [6.45, 7) is 12.0. The number of ether oxygens (including phenoxy) is 4. The zero-order valence-electron chi connectivity index (χ0n) is 70.6. The molecule has 17 nitrogen and oxygen atoms in total. The average molecular weight is 1560 g/mol. The number of unbranched alkanes of at least 4 members (excludes halogenated alkanes) is 53. The number of hydrogen-bond acceptors (Lipinski definition) is 15. The van der Waals surface area contributed by atoms with Gasteiger partial charge in [-0.2, -0.15) is 0 Å². The molecule has 0 aromatic heterocycles. The minimum atomic E-state index is -4.97. The summed E-state index contributed by atoms with van der Waals surface area (Å²) in [7, 11) is -9.93. The van der Waals surface area contributed by atoms with Crippen LogP contribution >= 0.6 is 15.6 Å². The van der Waals surface area contributed by atoms with Crippen LogP contribution < -0.4 is 0 Å². The summed E-state index contributed by atoms with van der Waals surface area (Å²) in [4.78, 5) is 73.3. The van der Waals surface area contributed by atoms with Gasteiger partial charge in [0.25, 0.3) is 0 Å². The van der Waals surface area contributed by atoms with Crippen LogP contribution in [0, 0.1) is 17.8 Å². The molecular formula is C88H172O17P2. The van der Waals surface area contributed by atoms with Crippen molar-refractivity contribution in [2.75, 3.05) is 39.6 Å². The van der Waals surface area contributed by atoms with E-state index < -0.39 is 97.5 Å². The fourth-order valence-electron chi connectivity index (χ4n) is 13.7. The van der Waals surface area contributed by atoms with E-state index in [4.69, 9.17) is 37.0 Å². The number of carbonyl (C=O) groups is 4. The SMILES string of the molecule is CCCCCCCCCCCCCCCCCCCCCCCC(=O)OC[C@H](COP(=O)(O)OC[C@@H](O)COP(=O)(O)OC[C@@H](COC(=O)CCCCCCCCC(C)CC)OC(=O)CCCCCCCCCCCCCCC(C)C)OC(=O)CCCCCCCCCCCCCCCCCCCCC(C)C. The van der Waals surface area contributed by atoms with Crippen molar-refractivity contribution in [2.24, 2.45) is 17.8 Å². The summed E-state index contributed by atoms with van der Waals surface area (Å²) in [5.74, 6) is 0.223. The molecule has 0 aliphatic heterocycles. The molecule has 0 aliphatic carbocycles. The van der Waals surface area contributed by atoms with Gasteiger partial charge >= 0.3 is 39.5 Å². The standard InChI is InChI=1S/C88H172O17P2/c1-8-10-11-12-13-14-15-16-17-18-19-20-21-25-28-31-37-42-47-55-62-69-85(90)98-75-83(104-87(92)71-64-57-48-43-38-32-29-26-23-22-24-27-30-35-40-45-52-59-66-79(3)4)77-102-106(94,95)100-73-82(89)74-101-107(96,97)103-78-84(76-99-86(91)70-63-56-51-50-54-61-68-81(7)9-2)105-88(93)72-65-58-49-44-39-34-33-36-41-46-53-60-67-80(5)6/h79-84,89H,8-78H2,1-7H3,(H,94,95)(H,96,97)/t81?,82-,83-,84-/m1/s1. The molecule has 3 unspecified atom stereocenters. The van der Waals surface area contributed by atoms with Crippen LogP contribution in [0.3, 0.4) is 0 Å². The van der Waals surface area contributed by atoms with Gasteiger partial charge < -0.3 is 33.8 Å². The van der Waals surface area contributed by atoms with Crippen LogP contribution in [0.5, 0.6) is 0 Å². The predicted molar refractivity (Wildman–Crippen MR) is 441 cm³/mol. The van der Waals surface area contributed by atoms with Gasteiger partial charge in [0.2, 0.25) is 0 Å². The molecule has 0 radical (unpaired) electrons. The maximum Gasteiger partial charge on any atom is 0.472 e. The van der Waals surface area contributed by atoms with Gasteiger partial charge in [0, 0.05) is 25.7 Å². The Morgan fingerprint density at radius 3 is 0.710 bits per heavy atom. The number of esters is 4. The van der Waals surface area contributed by atoms with E-state index >= 15 is 0 Å². The van der Waals surface area contributed by atoms with Crippen LogP contribution in [-0.4, -0.2) is 96.7 Å². The van der Waals surface area contributed by atoms with E-state index in [2.05, 4.69) is 48.5 Å². The summed E-state index contributed by atoms with van der Waals surface area (Å²) in [5, 5.41) is 10.7. The lowest BCUT2D eigenvalue weighted by Crippen LogP contribution is -2.30. The zero-order chi connectivity index (χ0) is 78.6. The third-order valence-electron chi connectivity index (χ3n) is 21.0. The normalized spacial score (nSPS) is 14.1. The Kier molecular flexibility index (Phi) is 76.6. The monoisotopic (exact) mass is 1560 g/mol. The van der Waals surface area contributed by atoms with E-state index in [9.17, 15) is 43.2 Å². The van der Waals surface area contributed by atoms with Gasteiger partial charge in [-0.1, -0.05) is 414 Å². The van der Waals surface area contributed by atoms with E-state index in [1.165, 1.54) is 270 Å². The van der Waals surface area contributed by atoms with Crippen molar-refractivity contribution in [3.8, 4) is 0 Å². The van der Waals surface area contributed by atoms with Crippen LogP contribution in [0.1, 0.15) is 466 Å². The molecule has 0 aromatic carbocycles. The van der Waals surface area contributed by atoms with Crippen LogP contribution in [0.2, 0.25) is 0 Å². The van der Waals surface area contributed by atoms with Crippen molar-refractivity contribution < 1.29 is 80.2 Å². The van der Waals surface area contributed by atoms with Gasteiger partial charge in [0.15, 0.2) is 12.2 Å². The van der Waals surface area contributed by atoms with Gasteiger partial charge in [-0.15, -0.1) is 0 Å². The quantitative estimate of drug-likeness (QED) is 0.0222. The Bertz CT molecular complexity index is 2060. The van der Waals surface area contributed by atoms with Crippen LogP contribution in [-0.2, 0) is 65.4 Å². The van der Waals surface area contributed by atoms with Gasteiger partial charge in [-0.25, -0.2) is 9.13 Å². The Balaban J connectivity index is 5.22. The molecular weight excluding hydrogens is 1390 g/mol. The molecule has 0 aromatic rings. The lowest BCUT2D eigenvalue weighted by molar-refractivity contribution is -0.161. The molecule has 3 N–H and O–H groups in total. The van der Waals surface area contributed by atoms with E-state index in [-0.39, 0.29) is 25.7 Å². The Morgan fingerprint density at radius 2 is 0.477 bits per heavy atom. The molecule has 0 bridgehead atoms. The number of hydrogen-bond donors (Lipinski definition) is 3. The Hall–Kier alpha value is -1.94. The maximum atomic E-state index is 13.2. The van der Waals surface area contributed by atoms with Gasteiger partial charge in [-0.3, -0.25) is 37.3 Å². The van der Waals surface area contributed by atoms with Gasteiger partial charge in [0.1, 0.15) is 19.3 Å². The van der Waals surface area contributed by atoms with E-state index in [0.29, 0.717) is 25.7 Å². The molecule has 0 rings (SSSR count). The topological polar surface area (TPSA) is 237 Å². The van der Waals surface area contributed by atoms with Crippen molar-refractivity contribution >= 4 is 39.5 Å². The number of rotatable bonds is 86. The highest BCUT2D eigenvalue weighted by Gasteiger charge is 2.31. The van der Waals surface area contributed by atoms with E-state index in [1.807, 2.05) is 0 Å². The smallest absolute Gasteiger partial charge is 0.462 e. The minimum Gasteiger partial charge on any atom is -0.462 e. The molecule has 6 atom stereocenters. The first-order valence-corrected chi connectivity index (χ1v) is 48.4. The minimum absolute atomic E-state index is 0.106. The second-order valence-corrected chi connectivity index (χ2v) is 35.7. The number of aliphatic hydroxyl groups is 1. The molecule has 636 valence electrons.